The Morgan fingerprint density at radius 3 is 2.40 bits per heavy atom. The summed E-state index contributed by atoms with van der Waals surface area (Å²) >= 11 is 0. The molecule has 2 atom stereocenters. The van der Waals surface area contributed by atoms with Crippen LogP contribution in [0.3, 0.4) is 0 Å². The molecule has 0 aliphatic heterocycles. The Morgan fingerprint density at radius 2 is 1.80 bits per heavy atom. The maximum atomic E-state index is 13.7. The summed E-state index contributed by atoms with van der Waals surface area (Å²) in [5.41, 5.74) is 7.51. The van der Waals surface area contributed by atoms with Gasteiger partial charge < -0.3 is 15.1 Å². The van der Waals surface area contributed by atoms with Gasteiger partial charge in [0.25, 0.3) is 7.37 Å². The van der Waals surface area contributed by atoms with Gasteiger partial charge in [-0.25, -0.2) is 4.39 Å². The lowest BCUT2D eigenvalue weighted by Gasteiger charge is -2.18. The Bertz CT molecular complexity index is 1360. The molecule has 180 valence electrons. The number of carboxylic acids is 1. The number of nitrogens with zero attached hydrogens (tertiary/aromatic N) is 1. The van der Waals surface area contributed by atoms with Gasteiger partial charge in [-0.1, -0.05) is 48.4 Å². The van der Waals surface area contributed by atoms with Crippen LogP contribution in [0, 0.1) is 24.3 Å². The van der Waals surface area contributed by atoms with E-state index in [0.29, 0.717) is 22.4 Å². The van der Waals surface area contributed by atoms with Crippen LogP contribution < -0.4 is 0 Å². The molecule has 1 fully saturated rings. The molecule has 3 N–H and O–H groups in total. The van der Waals surface area contributed by atoms with Gasteiger partial charge >= 0.3 is 5.97 Å². The van der Waals surface area contributed by atoms with Gasteiger partial charge in [0.2, 0.25) is 0 Å². The van der Waals surface area contributed by atoms with Gasteiger partial charge in [-0.3, -0.25) is 14.3 Å². The van der Waals surface area contributed by atoms with Crippen LogP contribution in [0.15, 0.2) is 54.6 Å². The minimum absolute atomic E-state index is 0.150. The van der Waals surface area contributed by atoms with Gasteiger partial charge in [0.1, 0.15) is 5.82 Å². The summed E-state index contributed by atoms with van der Waals surface area (Å²) in [7, 11) is -4.17. The second-order valence-electron chi connectivity index (χ2n) is 8.74. The first-order chi connectivity index (χ1) is 16.6. The molecule has 4 rings (SSSR count). The zero-order chi connectivity index (χ0) is 25.2. The Morgan fingerprint density at radius 1 is 1.14 bits per heavy atom. The SMILES string of the molecule is Cc1c(-c2ccccc2)nc(C2CC2)c(C#CP(=O)(O)C[C@@H](O)CC(=O)O)c1-c1ccc(F)cc1. The molecule has 0 spiro atoms. The summed E-state index contributed by atoms with van der Waals surface area (Å²) in [6.45, 7) is 1.89. The number of hydrogen-bond donors (Lipinski definition) is 3. The lowest BCUT2D eigenvalue weighted by molar-refractivity contribution is -0.138. The van der Waals surface area contributed by atoms with Crippen LogP contribution in [0.2, 0.25) is 0 Å². The van der Waals surface area contributed by atoms with Crippen molar-refractivity contribution in [2.45, 2.75) is 38.2 Å². The molecule has 3 aromatic rings. The quantitative estimate of drug-likeness (QED) is 0.310. The summed E-state index contributed by atoms with van der Waals surface area (Å²) < 4.78 is 26.4. The number of benzene rings is 2. The fourth-order valence-electron chi connectivity index (χ4n) is 4.07. The van der Waals surface area contributed by atoms with Crippen molar-refractivity contribution in [3.05, 3.63) is 77.2 Å². The first kappa shape index (κ1) is 24.8. The highest BCUT2D eigenvalue weighted by Crippen LogP contribution is 2.46. The van der Waals surface area contributed by atoms with Gasteiger partial charge in [-0.05, 0) is 48.7 Å². The molecular formula is C27H25FNO5P. The van der Waals surface area contributed by atoms with Crippen LogP contribution in [0.1, 0.15) is 42.0 Å². The van der Waals surface area contributed by atoms with Gasteiger partial charge in [-0.15, -0.1) is 0 Å². The first-order valence-electron chi connectivity index (χ1n) is 11.3. The molecule has 0 bridgehead atoms. The van der Waals surface area contributed by atoms with Crippen molar-refractivity contribution in [1.29, 1.82) is 0 Å². The predicted molar refractivity (Wildman–Crippen MR) is 132 cm³/mol. The zero-order valence-electron chi connectivity index (χ0n) is 19.1. The largest absolute Gasteiger partial charge is 0.481 e. The van der Waals surface area contributed by atoms with Gasteiger partial charge in [0.05, 0.1) is 35.6 Å². The highest BCUT2D eigenvalue weighted by atomic mass is 31.2. The molecule has 1 unspecified atom stereocenters. The second kappa shape index (κ2) is 10.1. The number of hydrogen-bond acceptors (Lipinski definition) is 4. The van der Waals surface area contributed by atoms with E-state index in [2.05, 4.69) is 11.6 Å². The number of halogens is 1. The van der Waals surface area contributed by atoms with Crippen LogP contribution >= 0.6 is 7.37 Å². The molecule has 6 nitrogen and oxygen atoms in total. The number of aliphatic carboxylic acids is 1. The van der Waals surface area contributed by atoms with E-state index < -0.39 is 32.0 Å². The maximum Gasteiger partial charge on any atom is 0.305 e. The minimum Gasteiger partial charge on any atom is -0.481 e. The van der Waals surface area contributed by atoms with Crippen molar-refractivity contribution in [2.24, 2.45) is 0 Å². The van der Waals surface area contributed by atoms with Crippen LogP contribution in [0.4, 0.5) is 4.39 Å². The lowest BCUT2D eigenvalue weighted by Crippen LogP contribution is -2.17. The van der Waals surface area contributed by atoms with Crippen LogP contribution in [0.25, 0.3) is 22.4 Å². The third-order valence-corrected chi connectivity index (χ3v) is 7.21. The zero-order valence-corrected chi connectivity index (χ0v) is 20.0. The summed E-state index contributed by atoms with van der Waals surface area (Å²) in [6.07, 6.45) is -0.957. The Balaban J connectivity index is 1.89. The predicted octanol–water partition coefficient (Wildman–Crippen LogP) is 5.16. The van der Waals surface area contributed by atoms with Crippen molar-refractivity contribution in [2.75, 3.05) is 6.16 Å². The van der Waals surface area contributed by atoms with E-state index in [0.717, 1.165) is 29.7 Å². The maximum absolute atomic E-state index is 13.7. The molecule has 0 amide bonds. The van der Waals surface area contributed by atoms with Crippen LogP contribution in [-0.2, 0) is 9.36 Å². The van der Waals surface area contributed by atoms with E-state index in [1.165, 1.54) is 12.1 Å². The Labute approximate surface area is 202 Å². The lowest BCUT2D eigenvalue weighted by atomic mass is 9.90. The average molecular weight is 493 g/mol. The molecule has 1 aliphatic carbocycles. The standard InChI is InChI=1S/C27H25FNO5P/c1-17-25(18-9-11-21(28)12-10-18)23(13-14-35(33,34)16-22(30)15-24(31)32)27(20-7-8-20)29-26(17)19-5-3-2-4-6-19/h2-6,9-12,20,22,30H,7-8,15-16H2,1H3,(H,31,32)(H,33,34)/t22-/m0/s1. The van der Waals surface area contributed by atoms with Crippen LogP contribution in [-0.4, -0.2) is 38.3 Å². The van der Waals surface area contributed by atoms with E-state index in [1.807, 2.05) is 37.3 Å². The Hall–Kier alpha value is -3.30. The summed E-state index contributed by atoms with van der Waals surface area (Å²) in [6, 6.07) is 15.7. The van der Waals surface area contributed by atoms with Crippen molar-refractivity contribution in [1.82, 2.24) is 4.98 Å². The van der Waals surface area contributed by atoms with Gasteiger partial charge in [0, 0.05) is 17.0 Å². The fraction of sp³-hybridized carbons (Fsp3) is 0.259. The van der Waals surface area contributed by atoms with Gasteiger partial charge in [0.15, 0.2) is 0 Å². The molecule has 8 heteroatoms. The van der Waals surface area contributed by atoms with E-state index >= 15 is 0 Å². The highest BCUT2D eigenvalue weighted by molar-refractivity contribution is 7.63. The number of aliphatic hydroxyl groups excluding tert-OH is 1. The Kier molecular flexibility index (Phi) is 7.18. The van der Waals surface area contributed by atoms with E-state index in [4.69, 9.17) is 10.1 Å². The normalized spacial score (nSPS) is 15.5. The summed E-state index contributed by atoms with van der Waals surface area (Å²) in [5, 5.41) is 18.7. The van der Waals surface area contributed by atoms with E-state index in [9.17, 15) is 23.7 Å². The number of aliphatic hydroxyl groups is 1. The van der Waals surface area contributed by atoms with Crippen molar-refractivity contribution in [3.8, 4) is 34.0 Å². The second-order valence-corrected chi connectivity index (χ2v) is 10.7. The number of pyridine rings is 1. The molecule has 1 aliphatic rings. The minimum atomic E-state index is -4.17. The number of carbonyl (C=O) groups is 1. The van der Waals surface area contributed by atoms with Gasteiger partial charge in [-0.2, -0.15) is 0 Å². The molecule has 35 heavy (non-hydrogen) atoms. The third kappa shape index (κ3) is 6.04. The molecule has 1 saturated carbocycles. The summed E-state index contributed by atoms with van der Waals surface area (Å²) in [4.78, 5) is 26.1. The number of rotatable bonds is 7. The molecule has 0 radical (unpaired) electrons. The number of carboxylic acid groups (broad SMARTS) is 1. The summed E-state index contributed by atoms with van der Waals surface area (Å²) in [5.74, 6) is 1.36. The molecule has 2 aromatic carbocycles. The van der Waals surface area contributed by atoms with Crippen molar-refractivity contribution < 1.29 is 28.9 Å². The van der Waals surface area contributed by atoms with E-state index in [-0.39, 0.29) is 11.7 Å². The first-order valence-corrected chi connectivity index (χ1v) is 13.1. The average Bonchev–Trinajstić information content (AvgIpc) is 3.63. The smallest absolute Gasteiger partial charge is 0.305 e. The van der Waals surface area contributed by atoms with E-state index in [1.54, 1.807) is 12.1 Å². The van der Waals surface area contributed by atoms with Crippen molar-refractivity contribution >= 4 is 13.3 Å². The molecular weight excluding hydrogens is 468 g/mol. The number of aromatic nitrogens is 1. The third-order valence-electron chi connectivity index (χ3n) is 5.84. The van der Waals surface area contributed by atoms with Crippen molar-refractivity contribution in [3.63, 3.8) is 0 Å². The molecule has 1 heterocycles. The topological polar surface area (TPSA) is 108 Å². The molecule has 1 aromatic heterocycles. The van der Waals surface area contributed by atoms with Crippen LogP contribution in [0.5, 0.6) is 0 Å². The fourth-order valence-corrected chi connectivity index (χ4v) is 5.15. The monoisotopic (exact) mass is 493 g/mol. The highest BCUT2D eigenvalue weighted by Gasteiger charge is 2.31. The molecule has 0 saturated heterocycles.